The first-order chi connectivity index (χ1) is 13.6. The van der Waals surface area contributed by atoms with Crippen molar-refractivity contribution < 1.29 is 13.9 Å². The minimum Gasteiger partial charge on any atom is -0.493 e. The molecule has 3 rings (SSSR count). The first-order valence-electron chi connectivity index (χ1n) is 8.90. The van der Waals surface area contributed by atoms with Crippen LogP contribution in [0.2, 0.25) is 0 Å². The number of aromatic nitrogens is 2. The summed E-state index contributed by atoms with van der Waals surface area (Å²) in [4.78, 5) is 8.93. The Kier molecular flexibility index (Phi) is 6.26. The van der Waals surface area contributed by atoms with E-state index >= 15 is 0 Å². The number of rotatable bonds is 8. The van der Waals surface area contributed by atoms with Gasteiger partial charge >= 0.3 is 0 Å². The first kappa shape index (κ1) is 19.4. The standard InChI is InChI=1S/C21H23FN4O2/c1-14-12-20(23-11-10-15-4-6-16(22)7-5-15)26-21(24-14)25-17-8-9-18(27-2)19(13-17)28-3/h4-9,12-13H,10-11H2,1-3H3,(H2,23,24,25,26). The molecule has 146 valence electrons. The Labute approximate surface area is 163 Å². The second-order valence-corrected chi connectivity index (χ2v) is 6.22. The van der Waals surface area contributed by atoms with Crippen LogP contribution in [-0.2, 0) is 6.42 Å². The molecule has 0 atom stereocenters. The Morgan fingerprint density at radius 1 is 0.929 bits per heavy atom. The summed E-state index contributed by atoms with van der Waals surface area (Å²) in [5, 5.41) is 6.47. The molecule has 1 heterocycles. The molecule has 0 amide bonds. The average molecular weight is 382 g/mol. The molecule has 1 aromatic heterocycles. The Morgan fingerprint density at radius 2 is 1.68 bits per heavy atom. The summed E-state index contributed by atoms with van der Waals surface area (Å²) in [5.74, 6) is 2.25. The highest BCUT2D eigenvalue weighted by Crippen LogP contribution is 2.30. The van der Waals surface area contributed by atoms with Gasteiger partial charge in [0.2, 0.25) is 5.95 Å². The van der Waals surface area contributed by atoms with Crippen molar-refractivity contribution >= 4 is 17.5 Å². The van der Waals surface area contributed by atoms with Gasteiger partial charge < -0.3 is 20.1 Å². The highest BCUT2D eigenvalue weighted by Gasteiger charge is 2.07. The lowest BCUT2D eigenvalue weighted by atomic mass is 10.1. The number of nitrogens with zero attached hydrogens (tertiary/aromatic N) is 2. The maximum absolute atomic E-state index is 13.0. The van der Waals surface area contributed by atoms with Gasteiger partial charge in [-0.05, 0) is 43.2 Å². The second-order valence-electron chi connectivity index (χ2n) is 6.22. The summed E-state index contributed by atoms with van der Waals surface area (Å²) in [7, 11) is 3.19. The van der Waals surface area contributed by atoms with Gasteiger partial charge in [0.25, 0.3) is 0 Å². The predicted molar refractivity (Wildman–Crippen MR) is 108 cm³/mol. The zero-order valence-corrected chi connectivity index (χ0v) is 16.1. The monoisotopic (exact) mass is 382 g/mol. The lowest BCUT2D eigenvalue weighted by molar-refractivity contribution is 0.355. The van der Waals surface area contributed by atoms with Crippen LogP contribution in [0.4, 0.5) is 21.8 Å². The van der Waals surface area contributed by atoms with Crippen molar-refractivity contribution in [3.8, 4) is 11.5 Å². The molecule has 0 saturated carbocycles. The normalized spacial score (nSPS) is 10.4. The number of hydrogen-bond donors (Lipinski definition) is 2. The van der Waals surface area contributed by atoms with Crippen molar-refractivity contribution in [2.24, 2.45) is 0 Å². The van der Waals surface area contributed by atoms with Crippen LogP contribution in [0.3, 0.4) is 0 Å². The van der Waals surface area contributed by atoms with Gasteiger partial charge in [-0.2, -0.15) is 4.98 Å². The van der Waals surface area contributed by atoms with E-state index in [1.165, 1.54) is 12.1 Å². The third-order valence-corrected chi connectivity index (χ3v) is 4.13. The van der Waals surface area contributed by atoms with Crippen molar-refractivity contribution in [2.45, 2.75) is 13.3 Å². The van der Waals surface area contributed by atoms with Gasteiger partial charge in [-0.25, -0.2) is 9.37 Å². The number of aryl methyl sites for hydroxylation is 1. The van der Waals surface area contributed by atoms with Crippen molar-refractivity contribution in [3.05, 3.63) is 65.6 Å². The molecule has 0 aliphatic carbocycles. The van der Waals surface area contributed by atoms with E-state index in [9.17, 15) is 4.39 Å². The largest absolute Gasteiger partial charge is 0.493 e. The summed E-state index contributed by atoms with van der Waals surface area (Å²) in [5.41, 5.74) is 2.69. The molecule has 0 unspecified atom stereocenters. The summed E-state index contributed by atoms with van der Waals surface area (Å²) in [6.07, 6.45) is 0.766. The van der Waals surface area contributed by atoms with E-state index in [2.05, 4.69) is 20.6 Å². The summed E-state index contributed by atoms with van der Waals surface area (Å²) >= 11 is 0. The molecular weight excluding hydrogens is 359 g/mol. The van der Waals surface area contributed by atoms with Crippen LogP contribution in [0.5, 0.6) is 11.5 Å². The smallest absolute Gasteiger partial charge is 0.229 e. The molecule has 0 aliphatic rings. The van der Waals surface area contributed by atoms with Crippen LogP contribution in [-0.4, -0.2) is 30.7 Å². The minimum atomic E-state index is -0.228. The van der Waals surface area contributed by atoms with Crippen LogP contribution in [0.15, 0.2) is 48.5 Å². The number of ether oxygens (including phenoxy) is 2. The van der Waals surface area contributed by atoms with Gasteiger partial charge in [0.15, 0.2) is 11.5 Å². The number of methoxy groups -OCH3 is 2. The summed E-state index contributed by atoms with van der Waals surface area (Å²) in [6.45, 7) is 2.59. The maximum Gasteiger partial charge on any atom is 0.229 e. The van der Waals surface area contributed by atoms with E-state index in [4.69, 9.17) is 9.47 Å². The fraction of sp³-hybridized carbons (Fsp3) is 0.238. The Bertz CT molecular complexity index is 932. The van der Waals surface area contributed by atoms with Gasteiger partial charge in [-0.3, -0.25) is 0 Å². The third-order valence-electron chi connectivity index (χ3n) is 4.13. The van der Waals surface area contributed by atoms with Crippen LogP contribution in [0.25, 0.3) is 0 Å². The summed E-state index contributed by atoms with van der Waals surface area (Å²) < 4.78 is 23.6. The molecule has 0 radical (unpaired) electrons. The van der Waals surface area contributed by atoms with Gasteiger partial charge in [0.05, 0.1) is 14.2 Å². The molecule has 7 heteroatoms. The molecule has 0 fully saturated rings. The highest BCUT2D eigenvalue weighted by molar-refractivity contribution is 5.60. The van der Waals surface area contributed by atoms with Gasteiger partial charge in [0.1, 0.15) is 11.6 Å². The molecular formula is C21H23FN4O2. The van der Waals surface area contributed by atoms with Crippen molar-refractivity contribution in [1.29, 1.82) is 0 Å². The quantitative estimate of drug-likeness (QED) is 0.604. The summed E-state index contributed by atoms with van der Waals surface area (Å²) in [6, 6.07) is 13.9. The van der Waals surface area contributed by atoms with Gasteiger partial charge in [-0.1, -0.05) is 12.1 Å². The molecule has 2 N–H and O–H groups in total. The van der Waals surface area contributed by atoms with E-state index in [0.29, 0.717) is 24.0 Å². The Hall–Kier alpha value is -3.35. The lowest BCUT2D eigenvalue weighted by Crippen LogP contribution is -2.08. The van der Waals surface area contributed by atoms with Gasteiger partial charge in [-0.15, -0.1) is 0 Å². The van der Waals surface area contributed by atoms with E-state index in [-0.39, 0.29) is 5.82 Å². The maximum atomic E-state index is 13.0. The zero-order chi connectivity index (χ0) is 19.9. The van der Waals surface area contributed by atoms with Gasteiger partial charge in [0, 0.05) is 30.1 Å². The second kappa shape index (κ2) is 9.03. The van der Waals surface area contributed by atoms with Crippen molar-refractivity contribution in [1.82, 2.24) is 9.97 Å². The molecule has 2 aromatic carbocycles. The highest BCUT2D eigenvalue weighted by atomic mass is 19.1. The lowest BCUT2D eigenvalue weighted by Gasteiger charge is -2.12. The van der Waals surface area contributed by atoms with E-state index in [0.717, 1.165) is 29.2 Å². The molecule has 0 saturated heterocycles. The first-order valence-corrected chi connectivity index (χ1v) is 8.90. The Balaban J connectivity index is 1.66. The average Bonchev–Trinajstić information content (AvgIpc) is 2.69. The van der Waals surface area contributed by atoms with E-state index in [1.54, 1.807) is 26.4 Å². The molecule has 3 aromatic rings. The predicted octanol–water partition coefficient (Wildman–Crippen LogP) is 4.34. The van der Waals surface area contributed by atoms with Crippen molar-refractivity contribution in [2.75, 3.05) is 31.4 Å². The number of benzene rings is 2. The van der Waals surface area contributed by atoms with E-state index < -0.39 is 0 Å². The molecule has 6 nitrogen and oxygen atoms in total. The Morgan fingerprint density at radius 3 is 2.39 bits per heavy atom. The molecule has 28 heavy (non-hydrogen) atoms. The molecule has 0 aliphatic heterocycles. The zero-order valence-electron chi connectivity index (χ0n) is 16.1. The fourth-order valence-corrected chi connectivity index (χ4v) is 2.74. The van der Waals surface area contributed by atoms with Crippen LogP contribution in [0.1, 0.15) is 11.3 Å². The van der Waals surface area contributed by atoms with Crippen LogP contribution < -0.4 is 20.1 Å². The number of anilines is 3. The van der Waals surface area contributed by atoms with Crippen molar-refractivity contribution in [3.63, 3.8) is 0 Å². The third kappa shape index (κ3) is 5.09. The topological polar surface area (TPSA) is 68.3 Å². The SMILES string of the molecule is COc1ccc(Nc2nc(C)cc(NCCc3ccc(F)cc3)n2)cc1OC. The number of hydrogen-bond acceptors (Lipinski definition) is 6. The molecule has 0 spiro atoms. The van der Waals surface area contributed by atoms with Crippen LogP contribution >= 0.6 is 0 Å². The molecule has 0 bridgehead atoms. The fourth-order valence-electron chi connectivity index (χ4n) is 2.74. The minimum absolute atomic E-state index is 0.228. The van der Waals surface area contributed by atoms with E-state index in [1.807, 2.05) is 31.2 Å². The number of nitrogens with one attached hydrogen (secondary N) is 2. The van der Waals surface area contributed by atoms with Crippen LogP contribution in [0, 0.1) is 12.7 Å². The number of halogens is 1.